The highest BCUT2D eigenvalue weighted by Gasteiger charge is 2.46. The predicted molar refractivity (Wildman–Crippen MR) is 183 cm³/mol. The quantitative estimate of drug-likeness (QED) is 0.296. The second kappa shape index (κ2) is 8.13. The van der Waals surface area contributed by atoms with E-state index in [1.807, 2.05) is 0 Å². The molecule has 8 aliphatic carbocycles. The molecule has 2 unspecified atom stereocenters. The first kappa shape index (κ1) is 23.1. The third kappa shape index (κ3) is 2.71. The molecule has 0 spiro atoms. The highest BCUT2D eigenvalue weighted by atomic mass is 14.5. The molecule has 11 rings (SSSR count). The van der Waals surface area contributed by atoms with Crippen molar-refractivity contribution in [2.45, 2.75) is 0 Å². The fourth-order valence-electron chi connectivity index (χ4n) is 9.06. The molecule has 3 aromatic rings. The van der Waals surface area contributed by atoms with Crippen molar-refractivity contribution in [3.05, 3.63) is 201 Å². The van der Waals surface area contributed by atoms with E-state index in [9.17, 15) is 0 Å². The van der Waals surface area contributed by atoms with Crippen molar-refractivity contribution < 1.29 is 0 Å². The molecule has 2 atom stereocenters. The van der Waals surface area contributed by atoms with Gasteiger partial charge in [-0.2, -0.15) is 0 Å². The molecule has 44 heavy (non-hydrogen) atoms. The Hall–Kier alpha value is -5.46. The maximum absolute atomic E-state index is 2.41. The molecular formula is C44H26. The summed E-state index contributed by atoms with van der Waals surface area (Å²) in [6.07, 6.45) is 32.7. The lowest BCUT2D eigenvalue weighted by Gasteiger charge is -2.31. The highest BCUT2D eigenvalue weighted by Crippen LogP contribution is 2.65. The summed E-state index contributed by atoms with van der Waals surface area (Å²) in [5.41, 5.74) is 25.0. The Morgan fingerprint density at radius 1 is 0.341 bits per heavy atom. The maximum atomic E-state index is 2.41. The SMILES string of the molecule is C1=CC2=CC=C3C4=C(C=CC(=C1)C24)c1c3c(-c2ccccc2)c2c(c1-c1ccccc1)C1=C3C2=CC=C2C=CC=C(C=C1)C23. The largest absolute Gasteiger partial charge is 0.0622 e. The van der Waals surface area contributed by atoms with Gasteiger partial charge in [-0.3, -0.25) is 0 Å². The van der Waals surface area contributed by atoms with E-state index in [0.29, 0.717) is 11.8 Å². The summed E-state index contributed by atoms with van der Waals surface area (Å²) in [5.74, 6) is 0.583. The normalized spacial score (nSPS) is 23.3. The zero-order chi connectivity index (χ0) is 28.5. The van der Waals surface area contributed by atoms with Crippen molar-refractivity contribution in [3.63, 3.8) is 0 Å². The highest BCUT2D eigenvalue weighted by molar-refractivity contribution is 6.21. The summed E-state index contributed by atoms with van der Waals surface area (Å²) >= 11 is 0. The van der Waals surface area contributed by atoms with Crippen LogP contribution in [0, 0.1) is 11.8 Å². The summed E-state index contributed by atoms with van der Waals surface area (Å²) in [5, 5.41) is 0. The van der Waals surface area contributed by atoms with Crippen LogP contribution in [0.15, 0.2) is 179 Å². The summed E-state index contributed by atoms with van der Waals surface area (Å²) in [7, 11) is 0. The summed E-state index contributed by atoms with van der Waals surface area (Å²) in [6, 6.07) is 22.3. The van der Waals surface area contributed by atoms with E-state index in [4.69, 9.17) is 0 Å². The van der Waals surface area contributed by atoms with E-state index < -0.39 is 0 Å². The van der Waals surface area contributed by atoms with Crippen LogP contribution in [0.4, 0.5) is 0 Å². The molecule has 0 heterocycles. The molecular weight excluding hydrogens is 528 g/mol. The molecule has 0 saturated heterocycles. The van der Waals surface area contributed by atoms with Gasteiger partial charge in [0, 0.05) is 11.8 Å². The molecule has 0 aliphatic heterocycles. The van der Waals surface area contributed by atoms with Crippen LogP contribution < -0.4 is 0 Å². The molecule has 0 amide bonds. The van der Waals surface area contributed by atoms with E-state index >= 15 is 0 Å². The van der Waals surface area contributed by atoms with Crippen molar-refractivity contribution >= 4 is 22.3 Å². The lowest BCUT2D eigenvalue weighted by molar-refractivity contribution is 0.894. The van der Waals surface area contributed by atoms with Crippen LogP contribution in [0.25, 0.3) is 44.5 Å². The number of benzene rings is 3. The maximum Gasteiger partial charge on any atom is 0.0352 e. The fourth-order valence-corrected chi connectivity index (χ4v) is 9.06. The van der Waals surface area contributed by atoms with Crippen molar-refractivity contribution in [3.8, 4) is 22.3 Å². The van der Waals surface area contributed by atoms with Crippen LogP contribution in [0.2, 0.25) is 0 Å². The number of fused-ring (bicyclic) bond motifs is 6. The number of hydrogen-bond donors (Lipinski definition) is 0. The van der Waals surface area contributed by atoms with Gasteiger partial charge < -0.3 is 0 Å². The third-order valence-corrected chi connectivity index (χ3v) is 10.7. The van der Waals surface area contributed by atoms with Gasteiger partial charge >= 0.3 is 0 Å². The Balaban J connectivity index is 1.35. The average Bonchev–Trinajstić information content (AvgIpc) is 3.61. The lowest BCUT2D eigenvalue weighted by atomic mass is 9.71. The van der Waals surface area contributed by atoms with E-state index in [-0.39, 0.29) is 0 Å². The van der Waals surface area contributed by atoms with Crippen molar-refractivity contribution in [2.75, 3.05) is 0 Å². The van der Waals surface area contributed by atoms with E-state index in [1.54, 1.807) is 0 Å². The van der Waals surface area contributed by atoms with E-state index in [2.05, 4.69) is 146 Å². The first-order chi connectivity index (χ1) is 21.9. The minimum Gasteiger partial charge on any atom is -0.0622 e. The molecule has 0 N–H and O–H groups in total. The number of allylic oxidation sites excluding steroid dienone is 24. The van der Waals surface area contributed by atoms with Gasteiger partial charge in [-0.05, 0) is 100 Å². The van der Waals surface area contributed by atoms with Gasteiger partial charge in [0.15, 0.2) is 0 Å². The second-order valence-corrected chi connectivity index (χ2v) is 12.7. The fraction of sp³-hybridized carbons (Fsp3) is 0.0455. The molecule has 0 aromatic heterocycles. The number of hydrogen-bond acceptors (Lipinski definition) is 0. The average molecular weight is 555 g/mol. The minimum atomic E-state index is 0.292. The standard InChI is InChI=1S/C44H26/c1-3-9-25(10-4-1)37-41-31-21-17-27-13-7-15-29-19-23-33(39(31)35(27)29)43(41)38(26-11-5-2-6-12-26)44-34-24-20-30-16-8-14-28-18-22-32(42(37)44)40(34)36(28)30/h1-24,35-36H. The van der Waals surface area contributed by atoms with Gasteiger partial charge in [-0.15, -0.1) is 0 Å². The second-order valence-electron chi connectivity index (χ2n) is 12.7. The summed E-state index contributed by atoms with van der Waals surface area (Å²) in [4.78, 5) is 0. The zero-order valence-electron chi connectivity index (χ0n) is 24.0. The Morgan fingerprint density at radius 2 is 0.773 bits per heavy atom. The molecule has 0 radical (unpaired) electrons. The molecule has 0 fully saturated rings. The van der Waals surface area contributed by atoms with Crippen LogP contribution in [-0.2, 0) is 0 Å². The predicted octanol–water partition coefficient (Wildman–Crippen LogP) is 10.6. The van der Waals surface area contributed by atoms with Gasteiger partial charge in [0.25, 0.3) is 0 Å². The van der Waals surface area contributed by atoms with Crippen LogP contribution in [0.1, 0.15) is 22.3 Å². The molecule has 3 aromatic carbocycles. The van der Waals surface area contributed by atoms with Crippen molar-refractivity contribution in [1.29, 1.82) is 0 Å². The first-order valence-electron chi connectivity index (χ1n) is 15.7. The molecule has 202 valence electrons. The van der Waals surface area contributed by atoms with Gasteiger partial charge in [0.1, 0.15) is 0 Å². The van der Waals surface area contributed by atoms with Gasteiger partial charge in [-0.25, -0.2) is 0 Å². The lowest BCUT2D eigenvalue weighted by Crippen LogP contribution is -2.16. The Kier molecular flexibility index (Phi) is 4.26. The van der Waals surface area contributed by atoms with Gasteiger partial charge in [-0.1, -0.05) is 146 Å². The van der Waals surface area contributed by atoms with Crippen LogP contribution in [0.5, 0.6) is 0 Å². The van der Waals surface area contributed by atoms with E-state index in [0.717, 1.165) is 0 Å². The zero-order valence-corrected chi connectivity index (χ0v) is 24.0. The van der Waals surface area contributed by atoms with Crippen LogP contribution in [0.3, 0.4) is 0 Å². The smallest absolute Gasteiger partial charge is 0.0352 e. The first-order valence-corrected chi connectivity index (χ1v) is 15.7. The third-order valence-electron chi connectivity index (χ3n) is 10.7. The minimum absolute atomic E-state index is 0.292. The topological polar surface area (TPSA) is 0 Å². The Labute approximate surface area is 257 Å². The molecule has 0 heteroatoms. The molecule has 8 aliphatic rings. The molecule has 0 bridgehead atoms. The molecule has 0 saturated carbocycles. The molecule has 0 nitrogen and oxygen atoms in total. The van der Waals surface area contributed by atoms with Crippen LogP contribution in [-0.4, -0.2) is 0 Å². The summed E-state index contributed by atoms with van der Waals surface area (Å²) < 4.78 is 0. The van der Waals surface area contributed by atoms with Crippen LogP contribution >= 0.6 is 0 Å². The van der Waals surface area contributed by atoms with Crippen molar-refractivity contribution in [2.24, 2.45) is 11.8 Å². The van der Waals surface area contributed by atoms with Gasteiger partial charge in [0.05, 0.1) is 0 Å². The van der Waals surface area contributed by atoms with E-state index in [1.165, 1.54) is 100 Å². The Morgan fingerprint density at radius 3 is 1.25 bits per heavy atom. The Bertz CT molecular complexity index is 2200. The van der Waals surface area contributed by atoms with Crippen molar-refractivity contribution in [1.82, 2.24) is 0 Å². The monoisotopic (exact) mass is 554 g/mol. The number of rotatable bonds is 2. The van der Waals surface area contributed by atoms with Gasteiger partial charge in [0.2, 0.25) is 0 Å². The summed E-state index contributed by atoms with van der Waals surface area (Å²) in [6.45, 7) is 0.